The third-order valence-electron chi connectivity index (χ3n) is 4.15. The molecule has 0 saturated carbocycles. The molecule has 0 fully saturated rings. The molecule has 1 heterocycles. The molecule has 1 N–H and O–H groups in total. The Labute approximate surface area is 162 Å². The molecule has 0 aliphatic carbocycles. The summed E-state index contributed by atoms with van der Waals surface area (Å²) in [6, 6.07) is 28.0. The molecule has 0 saturated heterocycles. The Kier molecular flexibility index (Phi) is 5.15. The SMILES string of the molecule is O=C(NCc1cc(-c2ccccc2)on1)c1ccccc1Oc1ccccc1. The van der Waals surface area contributed by atoms with E-state index in [1.807, 2.05) is 72.8 Å². The maximum Gasteiger partial charge on any atom is 0.255 e. The van der Waals surface area contributed by atoms with Crippen molar-refractivity contribution in [2.75, 3.05) is 0 Å². The van der Waals surface area contributed by atoms with Gasteiger partial charge in [-0.2, -0.15) is 0 Å². The van der Waals surface area contributed by atoms with E-state index >= 15 is 0 Å². The molecule has 1 amide bonds. The summed E-state index contributed by atoms with van der Waals surface area (Å²) in [4.78, 5) is 12.7. The third-order valence-corrected chi connectivity index (χ3v) is 4.15. The van der Waals surface area contributed by atoms with Crippen molar-refractivity contribution < 1.29 is 14.1 Å². The summed E-state index contributed by atoms with van der Waals surface area (Å²) in [6.07, 6.45) is 0. The molecule has 0 unspecified atom stereocenters. The Morgan fingerprint density at radius 3 is 2.36 bits per heavy atom. The summed E-state index contributed by atoms with van der Waals surface area (Å²) in [6.45, 7) is 0.259. The summed E-state index contributed by atoms with van der Waals surface area (Å²) < 4.78 is 11.2. The minimum absolute atomic E-state index is 0.240. The van der Waals surface area contributed by atoms with Crippen LogP contribution in [0.4, 0.5) is 0 Å². The molecule has 5 nitrogen and oxygen atoms in total. The molecule has 28 heavy (non-hydrogen) atoms. The molecule has 0 bridgehead atoms. The van der Waals surface area contributed by atoms with Gasteiger partial charge in [-0.25, -0.2) is 0 Å². The van der Waals surface area contributed by atoms with Gasteiger partial charge in [0.15, 0.2) is 5.76 Å². The van der Waals surface area contributed by atoms with E-state index in [9.17, 15) is 4.79 Å². The molecule has 1 aromatic heterocycles. The first-order valence-electron chi connectivity index (χ1n) is 8.91. The number of ether oxygens (including phenoxy) is 1. The fourth-order valence-corrected chi connectivity index (χ4v) is 2.76. The summed E-state index contributed by atoms with van der Waals surface area (Å²) in [5.74, 6) is 1.59. The van der Waals surface area contributed by atoms with Crippen molar-refractivity contribution in [2.45, 2.75) is 6.54 Å². The lowest BCUT2D eigenvalue weighted by molar-refractivity contribution is 0.0948. The molecule has 5 heteroatoms. The number of benzene rings is 3. The van der Waals surface area contributed by atoms with Crippen LogP contribution in [0.15, 0.2) is 95.5 Å². The zero-order valence-electron chi connectivity index (χ0n) is 15.0. The number of para-hydroxylation sites is 2. The zero-order valence-corrected chi connectivity index (χ0v) is 15.0. The van der Waals surface area contributed by atoms with Crippen LogP contribution < -0.4 is 10.1 Å². The van der Waals surface area contributed by atoms with Gasteiger partial charge >= 0.3 is 0 Å². The molecule has 0 spiro atoms. The topological polar surface area (TPSA) is 64.4 Å². The van der Waals surface area contributed by atoms with Gasteiger partial charge in [0.1, 0.15) is 17.2 Å². The van der Waals surface area contributed by atoms with Gasteiger partial charge < -0.3 is 14.6 Å². The summed E-state index contributed by atoms with van der Waals surface area (Å²) in [7, 11) is 0. The Balaban J connectivity index is 1.44. The van der Waals surface area contributed by atoms with Gasteiger partial charge in [0.25, 0.3) is 5.91 Å². The second-order valence-corrected chi connectivity index (χ2v) is 6.14. The smallest absolute Gasteiger partial charge is 0.255 e. The standard InChI is InChI=1S/C23H18N2O3/c26-23(20-13-7-8-14-21(20)27-19-11-5-2-6-12-19)24-16-18-15-22(28-25-18)17-9-3-1-4-10-17/h1-15H,16H2,(H,24,26). The highest BCUT2D eigenvalue weighted by Gasteiger charge is 2.14. The Morgan fingerprint density at radius 1 is 0.893 bits per heavy atom. The highest BCUT2D eigenvalue weighted by molar-refractivity contribution is 5.96. The van der Waals surface area contributed by atoms with E-state index in [0.717, 1.165) is 5.56 Å². The molecule has 4 aromatic rings. The average Bonchev–Trinajstić information content (AvgIpc) is 3.23. The van der Waals surface area contributed by atoms with E-state index in [1.165, 1.54) is 0 Å². The van der Waals surface area contributed by atoms with Crippen LogP contribution in [-0.2, 0) is 6.54 Å². The fraction of sp³-hybridized carbons (Fsp3) is 0.0435. The van der Waals surface area contributed by atoms with E-state index < -0.39 is 0 Å². The molecular weight excluding hydrogens is 352 g/mol. The highest BCUT2D eigenvalue weighted by Crippen LogP contribution is 2.25. The molecule has 0 atom stereocenters. The van der Waals surface area contributed by atoms with Crippen molar-refractivity contribution in [3.63, 3.8) is 0 Å². The molecule has 0 aliphatic heterocycles. The van der Waals surface area contributed by atoms with E-state index in [0.29, 0.717) is 28.5 Å². The number of amides is 1. The summed E-state index contributed by atoms with van der Waals surface area (Å²) in [5, 5.41) is 6.89. The van der Waals surface area contributed by atoms with Crippen molar-refractivity contribution >= 4 is 5.91 Å². The number of nitrogens with zero attached hydrogens (tertiary/aromatic N) is 1. The molecular formula is C23H18N2O3. The number of aromatic nitrogens is 1. The van der Waals surface area contributed by atoms with Crippen LogP contribution in [0, 0.1) is 0 Å². The largest absolute Gasteiger partial charge is 0.457 e. The van der Waals surface area contributed by atoms with E-state index in [1.54, 1.807) is 18.2 Å². The summed E-state index contributed by atoms with van der Waals surface area (Å²) >= 11 is 0. The number of carbonyl (C=O) groups excluding carboxylic acids is 1. The van der Waals surface area contributed by atoms with Crippen LogP contribution in [0.5, 0.6) is 11.5 Å². The van der Waals surface area contributed by atoms with E-state index in [-0.39, 0.29) is 12.5 Å². The number of rotatable bonds is 6. The third kappa shape index (κ3) is 4.10. The molecule has 3 aromatic carbocycles. The van der Waals surface area contributed by atoms with Crippen LogP contribution in [0.2, 0.25) is 0 Å². The van der Waals surface area contributed by atoms with Crippen LogP contribution in [0.25, 0.3) is 11.3 Å². The summed E-state index contributed by atoms with van der Waals surface area (Å²) in [5.41, 5.74) is 2.04. The zero-order chi connectivity index (χ0) is 19.2. The molecule has 0 radical (unpaired) electrons. The highest BCUT2D eigenvalue weighted by atomic mass is 16.5. The number of hydrogen-bond donors (Lipinski definition) is 1. The predicted octanol–water partition coefficient (Wildman–Crippen LogP) is 5.06. The van der Waals surface area contributed by atoms with Gasteiger partial charge in [-0.1, -0.05) is 65.8 Å². The maximum atomic E-state index is 12.7. The van der Waals surface area contributed by atoms with Crippen LogP contribution in [-0.4, -0.2) is 11.1 Å². The van der Waals surface area contributed by atoms with Gasteiger partial charge in [-0.15, -0.1) is 0 Å². The first kappa shape index (κ1) is 17.5. The van der Waals surface area contributed by atoms with Crippen molar-refractivity contribution in [1.29, 1.82) is 0 Å². The molecule has 138 valence electrons. The Bertz CT molecular complexity index is 1060. The second kappa shape index (κ2) is 8.22. The monoisotopic (exact) mass is 370 g/mol. The van der Waals surface area contributed by atoms with Crippen molar-refractivity contribution in [3.8, 4) is 22.8 Å². The Hall–Kier alpha value is -3.86. The van der Waals surface area contributed by atoms with Crippen molar-refractivity contribution in [2.24, 2.45) is 0 Å². The van der Waals surface area contributed by atoms with Crippen LogP contribution in [0.1, 0.15) is 16.1 Å². The minimum atomic E-state index is -0.240. The number of nitrogens with one attached hydrogen (secondary N) is 1. The van der Waals surface area contributed by atoms with Crippen LogP contribution >= 0.6 is 0 Å². The van der Waals surface area contributed by atoms with Crippen molar-refractivity contribution in [3.05, 3.63) is 102 Å². The first-order valence-corrected chi connectivity index (χ1v) is 8.91. The molecule has 0 aliphatic rings. The van der Waals surface area contributed by atoms with Crippen molar-refractivity contribution in [1.82, 2.24) is 10.5 Å². The lowest BCUT2D eigenvalue weighted by atomic mass is 10.1. The first-order chi connectivity index (χ1) is 13.8. The normalized spacial score (nSPS) is 10.4. The Morgan fingerprint density at radius 2 is 1.57 bits per heavy atom. The number of hydrogen-bond acceptors (Lipinski definition) is 4. The second-order valence-electron chi connectivity index (χ2n) is 6.14. The van der Waals surface area contributed by atoms with Gasteiger partial charge in [0.05, 0.1) is 12.1 Å². The van der Waals surface area contributed by atoms with Gasteiger partial charge in [-0.05, 0) is 24.3 Å². The van der Waals surface area contributed by atoms with Gasteiger partial charge in [0.2, 0.25) is 0 Å². The number of carbonyl (C=O) groups is 1. The van der Waals surface area contributed by atoms with E-state index in [2.05, 4.69) is 10.5 Å². The lowest BCUT2D eigenvalue weighted by Gasteiger charge is -2.10. The fourth-order valence-electron chi connectivity index (χ4n) is 2.76. The van der Waals surface area contributed by atoms with Crippen LogP contribution in [0.3, 0.4) is 0 Å². The lowest BCUT2D eigenvalue weighted by Crippen LogP contribution is -2.23. The maximum absolute atomic E-state index is 12.7. The molecule has 4 rings (SSSR count). The van der Waals surface area contributed by atoms with Gasteiger partial charge in [0, 0.05) is 11.6 Å². The predicted molar refractivity (Wildman–Crippen MR) is 106 cm³/mol. The van der Waals surface area contributed by atoms with E-state index in [4.69, 9.17) is 9.26 Å². The minimum Gasteiger partial charge on any atom is -0.457 e. The average molecular weight is 370 g/mol. The van der Waals surface area contributed by atoms with Gasteiger partial charge in [-0.3, -0.25) is 4.79 Å². The quantitative estimate of drug-likeness (QED) is 0.515.